The second-order valence-corrected chi connectivity index (χ2v) is 6.84. The molecule has 0 atom stereocenters. The first-order chi connectivity index (χ1) is 15.8. The lowest BCUT2D eigenvalue weighted by atomic mass is 10.1. The molecule has 0 aliphatic carbocycles. The topological polar surface area (TPSA) is 134 Å². The van der Waals surface area contributed by atoms with Crippen LogP contribution >= 0.6 is 11.6 Å². The van der Waals surface area contributed by atoms with Crippen LogP contribution in [0.3, 0.4) is 0 Å². The molecule has 4 N–H and O–H groups in total. The van der Waals surface area contributed by atoms with Crippen LogP contribution in [0, 0.1) is 22.6 Å². The number of aldehydes is 1. The Labute approximate surface area is 195 Å². The molecule has 0 saturated heterocycles. The summed E-state index contributed by atoms with van der Waals surface area (Å²) < 4.78 is 23.9. The number of rotatable bonds is 6. The van der Waals surface area contributed by atoms with Gasteiger partial charge in [-0.15, -0.1) is 0 Å². The predicted molar refractivity (Wildman–Crippen MR) is 124 cm³/mol. The Balaban J connectivity index is 0.000000257. The van der Waals surface area contributed by atoms with Crippen LogP contribution in [-0.4, -0.2) is 31.3 Å². The zero-order chi connectivity index (χ0) is 24.4. The Morgan fingerprint density at radius 2 is 2.03 bits per heavy atom. The zero-order valence-electron chi connectivity index (χ0n) is 17.9. The lowest BCUT2D eigenvalue weighted by Crippen LogP contribution is -2.08. The van der Waals surface area contributed by atoms with Crippen LogP contribution in [0.25, 0.3) is 0 Å². The van der Waals surface area contributed by atoms with Crippen molar-refractivity contribution in [2.45, 2.75) is 6.61 Å². The van der Waals surface area contributed by atoms with Crippen molar-refractivity contribution < 1.29 is 18.7 Å². The number of carbonyl (C=O) groups excluding carboxylic acids is 1. The van der Waals surface area contributed by atoms with Gasteiger partial charge in [-0.2, -0.15) is 5.26 Å². The van der Waals surface area contributed by atoms with Gasteiger partial charge in [-0.1, -0.05) is 23.7 Å². The smallest absolute Gasteiger partial charge is 0.216 e. The van der Waals surface area contributed by atoms with Gasteiger partial charge in [0.2, 0.25) is 5.90 Å². The molecule has 0 fully saturated rings. The van der Waals surface area contributed by atoms with E-state index in [0.717, 1.165) is 11.3 Å². The molecule has 33 heavy (non-hydrogen) atoms. The van der Waals surface area contributed by atoms with E-state index >= 15 is 0 Å². The number of aromatic nitrogens is 1. The summed E-state index contributed by atoms with van der Waals surface area (Å²) in [7, 11) is 3.20. The predicted octanol–water partition coefficient (Wildman–Crippen LogP) is 4.42. The molecule has 10 heteroatoms. The van der Waals surface area contributed by atoms with Crippen LogP contribution in [0.4, 0.5) is 15.9 Å². The average molecular weight is 470 g/mol. The Morgan fingerprint density at radius 3 is 2.61 bits per heavy atom. The number of carbonyl (C=O) groups is 1. The lowest BCUT2D eigenvalue weighted by molar-refractivity contribution is 0.111. The minimum Gasteiger partial charge on any atom is -0.486 e. The molecule has 170 valence electrons. The van der Waals surface area contributed by atoms with Crippen molar-refractivity contribution in [3.8, 4) is 11.8 Å². The molecule has 0 radical (unpaired) electrons. The number of hydrogen-bond donors (Lipinski definition) is 3. The number of nitriles is 1. The number of nitrogen functional groups attached to an aromatic ring is 1. The molecule has 0 saturated carbocycles. The van der Waals surface area contributed by atoms with Crippen LogP contribution in [0.2, 0.25) is 5.02 Å². The molecule has 0 bridgehead atoms. The van der Waals surface area contributed by atoms with Gasteiger partial charge in [0.15, 0.2) is 17.9 Å². The molecule has 8 nitrogen and oxygen atoms in total. The van der Waals surface area contributed by atoms with E-state index in [1.54, 1.807) is 43.6 Å². The number of methoxy groups -OCH3 is 1. The monoisotopic (exact) mass is 469 g/mol. The van der Waals surface area contributed by atoms with E-state index in [1.165, 1.54) is 19.2 Å². The third-order valence-corrected chi connectivity index (χ3v) is 4.67. The molecule has 0 spiro atoms. The van der Waals surface area contributed by atoms with Gasteiger partial charge in [0.25, 0.3) is 0 Å². The number of nitrogens with zero attached hydrogens (tertiary/aromatic N) is 2. The molecule has 0 unspecified atom stereocenters. The maximum atomic E-state index is 13.9. The van der Waals surface area contributed by atoms with Gasteiger partial charge < -0.3 is 20.5 Å². The Kier molecular flexibility index (Phi) is 9.15. The van der Waals surface area contributed by atoms with Crippen LogP contribution in [0.15, 0.2) is 48.7 Å². The Hall–Kier alpha value is -4.16. The van der Waals surface area contributed by atoms with Crippen molar-refractivity contribution in [3.63, 3.8) is 0 Å². The molecular weight excluding hydrogens is 449 g/mol. The summed E-state index contributed by atoms with van der Waals surface area (Å²) >= 11 is 5.69. The number of anilines is 2. The van der Waals surface area contributed by atoms with Crippen molar-refractivity contribution in [2.24, 2.45) is 0 Å². The van der Waals surface area contributed by atoms with Gasteiger partial charge in [-0.3, -0.25) is 10.2 Å². The summed E-state index contributed by atoms with van der Waals surface area (Å²) in [4.78, 5) is 14.6. The molecule has 3 rings (SSSR count). The van der Waals surface area contributed by atoms with E-state index in [-0.39, 0.29) is 28.8 Å². The molecule has 0 aliphatic rings. The molecule has 0 aliphatic heterocycles. The third kappa shape index (κ3) is 6.66. The second kappa shape index (κ2) is 12.0. The van der Waals surface area contributed by atoms with Gasteiger partial charge in [0, 0.05) is 7.05 Å². The van der Waals surface area contributed by atoms with E-state index in [2.05, 4.69) is 10.3 Å². The standard InChI is InChI=1S/C15H9ClFNO2.C8H12N4O/c16-13-5-6-14(15(17)12(13)8-19)20-9-11-3-1-10(7-18)2-4-11;1-11-5-3-6(8(10)13-2)7(9)12-4-5/h1-6,8H,9H2;3-4,10-11H,1-2H3,(H2,9,12). The van der Waals surface area contributed by atoms with Gasteiger partial charge in [0.05, 0.1) is 46.8 Å². The van der Waals surface area contributed by atoms with Crippen LogP contribution in [0.5, 0.6) is 5.75 Å². The summed E-state index contributed by atoms with van der Waals surface area (Å²) in [6.07, 6.45) is 1.95. The van der Waals surface area contributed by atoms with E-state index < -0.39 is 5.82 Å². The van der Waals surface area contributed by atoms with Crippen molar-refractivity contribution >= 4 is 35.3 Å². The Bertz CT molecular complexity index is 1180. The quantitative estimate of drug-likeness (QED) is 0.276. The fourth-order valence-electron chi connectivity index (χ4n) is 2.51. The van der Waals surface area contributed by atoms with E-state index in [0.29, 0.717) is 23.2 Å². The number of benzene rings is 2. The first kappa shape index (κ1) is 25.1. The number of halogens is 2. The average Bonchev–Trinajstić information content (AvgIpc) is 2.84. The highest BCUT2D eigenvalue weighted by molar-refractivity contribution is 6.33. The first-order valence-electron chi connectivity index (χ1n) is 9.45. The molecule has 3 aromatic rings. The van der Waals surface area contributed by atoms with Gasteiger partial charge in [0.1, 0.15) is 12.4 Å². The second-order valence-electron chi connectivity index (χ2n) is 6.43. The molecular formula is C23H21ClFN5O3. The summed E-state index contributed by atoms with van der Waals surface area (Å²) in [5.74, 6) is -0.505. The normalized spacial score (nSPS) is 9.67. The SMILES string of the molecule is CNc1cnc(N)c(C(=N)OC)c1.N#Cc1ccc(COc2ccc(Cl)c(C=O)c2F)cc1. The van der Waals surface area contributed by atoms with E-state index in [1.807, 2.05) is 6.07 Å². The van der Waals surface area contributed by atoms with Gasteiger partial charge in [-0.25, -0.2) is 9.37 Å². The summed E-state index contributed by atoms with van der Waals surface area (Å²) in [5, 5.41) is 19.0. The highest BCUT2D eigenvalue weighted by atomic mass is 35.5. The molecule has 1 heterocycles. The highest BCUT2D eigenvalue weighted by Crippen LogP contribution is 2.26. The van der Waals surface area contributed by atoms with Crippen LogP contribution in [0.1, 0.15) is 27.0 Å². The maximum Gasteiger partial charge on any atom is 0.216 e. The summed E-state index contributed by atoms with van der Waals surface area (Å²) in [5.41, 5.74) is 7.95. The van der Waals surface area contributed by atoms with Crippen molar-refractivity contribution in [1.29, 1.82) is 10.7 Å². The van der Waals surface area contributed by atoms with E-state index in [9.17, 15) is 9.18 Å². The number of pyridine rings is 1. The van der Waals surface area contributed by atoms with Gasteiger partial charge in [-0.05, 0) is 35.9 Å². The zero-order valence-corrected chi connectivity index (χ0v) is 18.6. The third-order valence-electron chi connectivity index (χ3n) is 4.34. The van der Waals surface area contributed by atoms with Gasteiger partial charge >= 0.3 is 0 Å². The number of nitrogens with one attached hydrogen (secondary N) is 2. The number of hydrogen-bond acceptors (Lipinski definition) is 8. The number of nitrogens with two attached hydrogens (primary N) is 1. The van der Waals surface area contributed by atoms with Crippen LogP contribution in [-0.2, 0) is 11.3 Å². The Morgan fingerprint density at radius 1 is 1.33 bits per heavy atom. The van der Waals surface area contributed by atoms with E-state index in [4.69, 9.17) is 37.5 Å². The fraction of sp³-hybridized carbons (Fsp3) is 0.130. The molecule has 1 aromatic heterocycles. The van der Waals surface area contributed by atoms with Crippen molar-refractivity contribution in [1.82, 2.24) is 4.98 Å². The van der Waals surface area contributed by atoms with Crippen LogP contribution < -0.4 is 15.8 Å². The minimum atomic E-state index is -0.777. The summed E-state index contributed by atoms with van der Waals surface area (Å²) in [6.45, 7) is 0.128. The fourth-order valence-corrected chi connectivity index (χ4v) is 2.70. The van der Waals surface area contributed by atoms with Crippen molar-refractivity contribution in [2.75, 3.05) is 25.2 Å². The molecule has 0 amide bonds. The minimum absolute atomic E-state index is 0.0158. The summed E-state index contributed by atoms with van der Waals surface area (Å²) in [6, 6.07) is 13.2. The first-order valence-corrected chi connectivity index (χ1v) is 9.83. The van der Waals surface area contributed by atoms with Crippen molar-refractivity contribution in [3.05, 3.63) is 81.8 Å². The lowest BCUT2D eigenvalue weighted by Gasteiger charge is -2.09. The molecule has 2 aromatic carbocycles. The highest BCUT2D eigenvalue weighted by Gasteiger charge is 2.13. The largest absolute Gasteiger partial charge is 0.486 e. The maximum absolute atomic E-state index is 13.9. The number of ether oxygens (including phenoxy) is 2.